The number of halogens is 1. The molecule has 0 bridgehead atoms. The fourth-order valence-corrected chi connectivity index (χ4v) is 2.75. The van der Waals surface area contributed by atoms with Crippen LogP contribution in [0.15, 0.2) is 0 Å². The van der Waals surface area contributed by atoms with Crippen LogP contribution in [0.25, 0.3) is 0 Å². The highest BCUT2D eigenvalue weighted by Crippen LogP contribution is 2.18. The number of amides is 3. The van der Waals surface area contributed by atoms with Gasteiger partial charge in [-0.15, -0.1) is 11.6 Å². The number of rotatable bonds is 9. The molecule has 0 aliphatic carbocycles. The lowest BCUT2D eigenvalue weighted by Gasteiger charge is -2.23. The molecule has 9 heteroatoms. The fraction of sp³-hybridized carbons (Fsp3) is 0.733. The average Bonchev–Trinajstić information content (AvgIpc) is 2.89. The van der Waals surface area contributed by atoms with Crippen LogP contribution in [0.1, 0.15) is 33.1 Å². The van der Waals surface area contributed by atoms with Crippen LogP contribution < -0.4 is 16.4 Å². The quantitative estimate of drug-likeness (QED) is 0.509. The van der Waals surface area contributed by atoms with Crippen molar-refractivity contribution in [2.75, 3.05) is 12.4 Å². The topological polar surface area (TPSA) is 128 Å². The summed E-state index contributed by atoms with van der Waals surface area (Å²) in [6.07, 6.45) is -1.14. The second-order valence-electron chi connectivity index (χ2n) is 6.23. The van der Waals surface area contributed by atoms with E-state index in [-0.39, 0.29) is 36.5 Å². The molecular weight excluding hydrogens is 338 g/mol. The molecule has 1 aliphatic rings. The largest absolute Gasteiger partial charge is 0.436 e. The Kier molecular flexibility index (Phi) is 7.97. The van der Waals surface area contributed by atoms with E-state index in [2.05, 4.69) is 10.6 Å². The molecule has 1 fully saturated rings. The second kappa shape index (κ2) is 9.46. The van der Waals surface area contributed by atoms with Crippen LogP contribution in [0.5, 0.6) is 0 Å². The molecule has 1 heterocycles. The minimum atomic E-state index is -1.09. The Balaban J connectivity index is 2.78. The number of ketones is 1. The summed E-state index contributed by atoms with van der Waals surface area (Å²) in [4.78, 5) is 47.0. The van der Waals surface area contributed by atoms with Gasteiger partial charge in [0.1, 0.15) is 0 Å². The minimum absolute atomic E-state index is 0.0721. The smallest absolute Gasteiger partial charge is 0.405 e. The first-order chi connectivity index (χ1) is 11.2. The molecule has 1 saturated heterocycles. The molecule has 0 aromatic rings. The number of ether oxygens (including phenoxy) is 1. The normalized spacial score (nSPS) is 19.5. The van der Waals surface area contributed by atoms with Crippen LogP contribution in [-0.2, 0) is 19.1 Å². The van der Waals surface area contributed by atoms with Gasteiger partial charge in [0.05, 0.1) is 11.9 Å². The first kappa shape index (κ1) is 20.2. The number of alkyl halides is 1. The number of nitrogens with two attached hydrogens (primary N) is 1. The number of nitrogens with one attached hydrogen (secondary N) is 2. The SMILES string of the molecule is CC(C)CC(OC(N)=O)C(=O)NC(C[C@@H]1CCNC1=O)C(=O)CCl. The second-order valence-corrected chi connectivity index (χ2v) is 6.50. The Morgan fingerprint density at radius 3 is 2.54 bits per heavy atom. The molecule has 3 atom stereocenters. The van der Waals surface area contributed by atoms with Crippen molar-refractivity contribution >= 4 is 35.3 Å². The summed E-state index contributed by atoms with van der Waals surface area (Å²) in [5.74, 6) is -1.74. The van der Waals surface area contributed by atoms with Gasteiger partial charge in [-0.1, -0.05) is 13.8 Å². The Bertz CT molecular complexity index is 498. The molecule has 0 aromatic carbocycles. The van der Waals surface area contributed by atoms with E-state index < -0.39 is 29.9 Å². The molecular formula is C15H24ClN3O5. The first-order valence-corrected chi connectivity index (χ1v) is 8.40. The Morgan fingerprint density at radius 2 is 2.08 bits per heavy atom. The van der Waals surface area contributed by atoms with Crippen molar-refractivity contribution in [3.8, 4) is 0 Å². The van der Waals surface area contributed by atoms with Crippen LogP contribution in [-0.4, -0.2) is 48.3 Å². The fourth-order valence-electron chi connectivity index (χ4n) is 2.56. The Hall–Kier alpha value is -1.83. The van der Waals surface area contributed by atoms with Crippen molar-refractivity contribution in [2.45, 2.75) is 45.3 Å². The highest BCUT2D eigenvalue weighted by molar-refractivity contribution is 6.28. The lowest BCUT2D eigenvalue weighted by molar-refractivity contribution is -0.134. The number of hydrogen-bond acceptors (Lipinski definition) is 5. The van der Waals surface area contributed by atoms with E-state index in [0.717, 1.165) is 0 Å². The van der Waals surface area contributed by atoms with Crippen LogP contribution >= 0.6 is 11.6 Å². The van der Waals surface area contributed by atoms with E-state index in [9.17, 15) is 19.2 Å². The monoisotopic (exact) mass is 361 g/mol. The number of primary amides is 1. The van der Waals surface area contributed by atoms with Gasteiger partial charge in [0, 0.05) is 12.5 Å². The third-order valence-corrected chi connectivity index (χ3v) is 4.02. The molecule has 2 unspecified atom stereocenters. The highest BCUT2D eigenvalue weighted by Gasteiger charge is 2.33. The van der Waals surface area contributed by atoms with E-state index in [1.54, 1.807) is 0 Å². The predicted octanol–water partition coefficient (Wildman–Crippen LogP) is 0.315. The van der Waals surface area contributed by atoms with E-state index in [1.165, 1.54) is 0 Å². The van der Waals surface area contributed by atoms with Crippen molar-refractivity contribution in [1.82, 2.24) is 10.6 Å². The van der Waals surface area contributed by atoms with Gasteiger partial charge >= 0.3 is 6.09 Å². The minimum Gasteiger partial charge on any atom is -0.436 e. The van der Waals surface area contributed by atoms with Gasteiger partial charge in [0.15, 0.2) is 11.9 Å². The van der Waals surface area contributed by atoms with Crippen molar-refractivity contribution in [3.63, 3.8) is 0 Å². The summed E-state index contributed by atoms with van der Waals surface area (Å²) in [6, 6.07) is -0.907. The molecule has 0 spiro atoms. The molecule has 24 heavy (non-hydrogen) atoms. The molecule has 1 rings (SSSR count). The van der Waals surface area contributed by atoms with Crippen LogP contribution in [0.3, 0.4) is 0 Å². The molecule has 3 amide bonds. The number of Topliss-reactive ketones (excluding diaryl/α,β-unsaturated/α-hetero) is 1. The molecule has 0 saturated carbocycles. The maximum atomic E-state index is 12.4. The van der Waals surface area contributed by atoms with Gasteiger partial charge in [-0.05, 0) is 25.2 Å². The Labute approximate surface area is 145 Å². The van der Waals surface area contributed by atoms with Gasteiger partial charge < -0.3 is 21.1 Å². The van der Waals surface area contributed by atoms with Crippen molar-refractivity contribution < 1.29 is 23.9 Å². The number of carbonyl (C=O) groups is 4. The van der Waals surface area contributed by atoms with Gasteiger partial charge in [-0.3, -0.25) is 14.4 Å². The number of carbonyl (C=O) groups excluding carboxylic acids is 4. The van der Waals surface area contributed by atoms with Gasteiger partial charge in [-0.2, -0.15) is 0 Å². The molecule has 136 valence electrons. The zero-order chi connectivity index (χ0) is 18.3. The van der Waals surface area contributed by atoms with Gasteiger partial charge in [0.2, 0.25) is 5.91 Å². The van der Waals surface area contributed by atoms with E-state index >= 15 is 0 Å². The van der Waals surface area contributed by atoms with Crippen molar-refractivity contribution in [1.29, 1.82) is 0 Å². The molecule has 0 aromatic heterocycles. The summed E-state index contributed by atoms with van der Waals surface area (Å²) < 4.78 is 4.83. The maximum absolute atomic E-state index is 12.4. The third-order valence-electron chi connectivity index (χ3n) is 3.76. The maximum Gasteiger partial charge on any atom is 0.405 e. The van der Waals surface area contributed by atoms with Crippen LogP contribution in [0.4, 0.5) is 4.79 Å². The zero-order valence-corrected chi connectivity index (χ0v) is 14.6. The zero-order valence-electron chi connectivity index (χ0n) is 13.8. The van der Waals surface area contributed by atoms with Crippen molar-refractivity contribution in [2.24, 2.45) is 17.6 Å². The number of hydrogen-bond donors (Lipinski definition) is 3. The first-order valence-electron chi connectivity index (χ1n) is 7.87. The summed E-state index contributed by atoms with van der Waals surface area (Å²) in [5, 5.41) is 5.22. The van der Waals surface area contributed by atoms with Gasteiger partial charge in [0.25, 0.3) is 5.91 Å². The Morgan fingerprint density at radius 1 is 1.42 bits per heavy atom. The van der Waals surface area contributed by atoms with E-state index in [0.29, 0.717) is 13.0 Å². The molecule has 8 nitrogen and oxygen atoms in total. The molecule has 1 aliphatic heterocycles. The van der Waals surface area contributed by atoms with Crippen molar-refractivity contribution in [3.05, 3.63) is 0 Å². The van der Waals surface area contributed by atoms with Gasteiger partial charge in [-0.25, -0.2) is 4.79 Å². The standard InChI is InChI=1S/C15H24ClN3O5/c1-8(2)5-12(24-15(17)23)14(22)19-10(11(20)7-16)6-9-3-4-18-13(9)21/h8-10,12H,3-7H2,1-2H3,(H2,17,23)(H,18,21)(H,19,22)/t9-,10?,12?/m0/s1. The molecule has 0 radical (unpaired) electrons. The summed E-state index contributed by atoms with van der Waals surface area (Å²) in [6.45, 7) is 4.25. The van der Waals surface area contributed by atoms with Crippen LogP contribution in [0, 0.1) is 11.8 Å². The van der Waals surface area contributed by atoms with Crippen LogP contribution in [0.2, 0.25) is 0 Å². The summed E-state index contributed by atoms with van der Waals surface area (Å²) in [5.41, 5.74) is 4.99. The third kappa shape index (κ3) is 6.35. The summed E-state index contributed by atoms with van der Waals surface area (Å²) in [7, 11) is 0. The lowest BCUT2D eigenvalue weighted by Crippen LogP contribution is -2.49. The lowest BCUT2D eigenvalue weighted by atomic mass is 9.95. The molecule has 4 N–H and O–H groups in total. The highest BCUT2D eigenvalue weighted by atomic mass is 35.5. The van der Waals surface area contributed by atoms with E-state index in [4.69, 9.17) is 22.1 Å². The predicted molar refractivity (Wildman–Crippen MR) is 87.3 cm³/mol. The van der Waals surface area contributed by atoms with E-state index in [1.807, 2.05) is 13.8 Å². The average molecular weight is 362 g/mol. The summed E-state index contributed by atoms with van der Waals surface area (Å²) >= 11 is 5.59.